The number of amides is 2. The van der Waals surface area contributed by atoms with Crippen LogP contribution in [0.15, 0.2) is 34.8 Å². The molecule has 2 amide bonds. The Morgan fingerprint density at radius 3 is 2.38 bits per heavy atom. The molecule has 4 aliphatic rings. The first-order valence-electron chi connectivity index (χ1n) is 23.0. The Labute approximate surface area is 372 Å². The maximum Gasteiger partial charge on any atom is 0.307 e. The van der Waals surface area contributed by atoms with Crippen molar-refractivity contribution >= 4 is 44.6 Å². The van der Waals surface area contributed by atoms with E-state index in [9.17, 15) is 27.6 Å². The van der Waals surface area contributed by atoms with Crippen LogP contribution in [0.3, 0.4) is 0 Å². The minimum absolute atomic E-state index is 0.0404. The average Bonchev–Trinajstić information content (AvgIpc) is 3.87. The maximum absolute atomic E-state index is 14.9. The Balaban J connectivity index is 1.24. The number of aromatic nitrogens is 3. The fraction of sp³-hybridized carbons (Fsp3) is 0.667. The molecule has 4 heterocycles. The fourth-order valence-corrected chi connectivity index (χ4v) is 10.6. The van der Waals surface area contributed by atoms with Gasteiger partial charge in [0.2, 0.25) is 27.7 Å². The standard InChI is InChI=1S/C48H67N5O9S/c1-28(2)39-41(29(3)4)61-42(49-39)34-19-16-20-35-40(34)50-45(53(35)30(5)6)60-33-24-36-37(54)26-48(44(57)51-63(58,59)47(10)21-22-47)25-32(48)18-15-13-11-12-14-17-31(43(56)52(36)27-33)23-38(55)62-46(7,8)9/h15-16,18-20,28-33,36H,11-14,17,21-27H2,1-10H3,(H,51,57)/b18-15-/t31-,32-,33-,36+,48-/m1/s1. The molecule has 3 aromatic rings. The number of ketones is 1. The van der Waals surface area contributed by atoms with Crippen molar-refractivity contribution in [2.45, 2.75) is 180 Å². The number of carbonyl (C=O) groups is 4. The molecule has 0 radical (unpaired) electrons. The van der Waals surface area contributed by atoms with Gasteiger partial charge in [-0.05, 0) is 104 Å². The molecular weight excluding hydrogens is 823 g/mol. The molecule has 2 aromatic heterocycles. The van der Waals surface area contributed by atoms with Gasteiger partial charge in [0.25, 0.3) is 6.01 Å². The Morgan fingerprint density at radius 2 is 1.75 bits per heavy atom. The van der Waals surface area contributed by atoms with Gasteiger partial charge < -0.3 is 18.8 Å². The van der Waals surface area contributed by atoms with Crippen molar-refractivity contribution in [3.63, 3.8) is 0 Å². The number of Topliss-reactive ketones (excluding diaryl/α,β-unsaturated/α-hetero) is 1. The second-order valence-electron chi connectivity index (χ2n) is 20.6. The van der Waals surface area contributed by atoms with Crippen molar-refractivity contribution in [2.24, 2.45) is 17.3 Å². The first kappa shape index (κ1) is 46.5. The van der Waals surface area contributed by atoms with Crippen LogP contribution in [0.4, 0.5) is 0 Å². The van der Waals surface area contributed by atoms with Gasteiger partial charge in [0.05, 0.1) is 45.9 Å². The first-order valence-corrected chi connectivity index (χ1v) is 24.5. The summed E-state index contributed by atoms with van der Waals surface area (Å²) in [4.78, 5) is 68.6. The van der Waals surface area contributed by atoms with Crippen LogP contribution in [-0.2, 0) is 33.9 Å². The molecule has 63 heavy (non-hydrogen) atoms. The predicted octanol–water partition coefficient (Wildman–Crippen LogP) is 8.70. The molecule has 2 aliphatic carbocycles. The average molecular weight is 890 g/mol. The van der Waals surface area contributed by atoms with Gasteiger partial charge in [0, 0.05) is 30.7 Å². The summed E-state index contributed by atoms with van der Waals surface area (Å²) < 4.78 is 48.8. The monoisotopic (exact) mass is 889 g/mol. The van der Waals surface area contributed by atoms with Crippen LogP contribution < -0.4 is 9.46 Å². The van der Waals surface area contributed by atoms with Crippen LogP contribution in [-0.4, -0.2) is 80.5 Å². The number of carbonyl (C=O) groups excluding carboxylic acids is 4. The van der Waals surface area contributed by atoms with Gasteiger partial charge in [-0.1, -0.05) is 58.8 Å². The number of imidazole rings is 1. The van der Waals surface area contributed by atoms with Crippen molar-refractivity contribution in [3.05, 3.63) is 41.8 Å². The highest BCUT2D eigenvalue weighted by molar-refractivity contribution is 7.91. The number of esters is 1. The lowest BCUT2D eigenvalue weighted by Gasteiger charge is -2.29. The van der Waals surface area contributed by atoms with E-state index in [2.05, 4.69) is 32.4 Å². The summed E-state index contributed by atoms with van der Waals surface area (Å²) in [6.07, 6.45) is 7.71. The lowest BCUT2D eigenvalue weighted by molar-refractivity contribution is -0.159. The van der Waals surface area contributed by atoms with Crippen LogP contribution in [0, 0.1) is 17.3 Å². The number of oxazole rings is 1. The highest BCUT2D eigenvalue weighted by Crippen LogP contribution is 2.58. The molecule has 0 unspecified atom stereocenters. The number of hydrogen-bond acceptors (Lipinski definition) is 11. The number of ether oxygens (including phenoxy) is 2. The SMILES string of the molecule is CC(C)c1nc(-c2cccc3c2nc(O[C@@H]2C[C@H]4C(=O)C[C@]5(C(=O)NS(=O)(=O)C6(C)CC6)C[C@H]5/C=C\CCCCC[C@H](CC(=O)OC(C)(C)C)C(=O)N4C2)n3C(C)C)oc1C(C)C. The number of rotatable bonds is 11. The maximum atomic E-state index is 14.9. The first-order chi connectivity index (χ1) is 29.5. The van der Waals surface area contributed by atoms with E-state index in [0.717, 1.165) is 36.2 Å². The Bertz CT molecular complexity index is 2360. The Morgan fingerprint density at radius 1 is 1.02 bits per heavy atom. The summed E-state index contributed by atoms with van der Waals surface area (Å²) in [6.45, 7) is 19.4. The second-order valence-corrected chi connectivity index (χ2v) is 22.8. The number of nitrogens with one attached hydrogen (secondary N) is 1. The van der Waals surface area contributed by atoms with Crippen molar-refractivity contribution in [3.8, 4) is 17.5 Å². The third-order valence-corrected chi connectivity index (χ3v) is 15.4. The number of hydrogen-bond donors (Lipinski definition) is 1. The molecule has 0 bridgehead atoms. The highest BCUT2D eigenvalue weighted by Gasteiger charge is 2.62. The number of benzene rings is 1. The largest absolute Gasteiger partial charge is 0.460 e. The summed E-state index contributed by atoms with van der Waals surface area (Å²) in [5.74, 6) is -1.37. The summed E-state index contributed by atoms with van der Waals surface area (Å²) >= 11 is 0. The van der Waals surface area contributed by atoms with Gasteiger partial charge in [-0.3, -0.25) is 28.5 Å². The molecule has 1 aromatic carbocycles. The molecule has 0 spiro atoms. The number of fused-ring (bicyclic) bond motifs is 3. The van der Waals surface area contributed by atoms with Crippen molar-refractivity contribution in [2.75, 3.05) is 6.54 Å². The molecule has 2 aliphatic heterocycles. The fourth-order valence-electron chi connectivity index (χ4n) is 9.29. The van der Waals surface area contributed by atoms with E-state index in [-0.39, 0.29) is 61.3 Å². The molecule has 14 nitrogen and oxygen atoms in total. The van der Waals surface area contributed by atoms with E-state index in [4.69, 9.17) is 23.9 Å². The van der Waals surface area contributed by atoms with Gasteiger partial charge >= 0.3 is 5.97 Å². The van der Waals surface area contributed by atoms with Gasteiger partial charge in [0.1, 0.15) is 23.0 Å². The van der Waals surface area contributed by atoms with Crippen LogP contribution in [0.5, 0.6) is 6.01 Å². The lowest BCUT2D eigenvalue weighted by atomic mass is 9.90. The quantitative estimate of drug-likeness (QED) is 0.144. The zero-order valence-corrected chi connectivity index (χ0v) is 39.6. The minimum Gasteiger partial charge on any atom is -0.460 e. The second kappa shape index (κ2) is 17.5. The normalized spacial score (nSPS) is 26.0. The highest BCUT2D eigenvalue weighted by atomic mass is 32.2. The van der Waals surface area contributed by atoms with Crippen LogP contribution in [0.1, 0.15) is 169 Å². The smallest absolute Gasteiger partial charge is 0.307 e. The van der Waals surface area contributed by atoms with Gasteiger partial charge in [-0.25, -0.2) is 13.4 Å². The van der Waals surface area contributed by atoms with E-state index in [1.807, 2.05) is 48.8 Å². The number of para-hydroxylation sites is 1. The summed E-state index contributed by atoms with van der Waals surface area (Å²) in [7, 11) is -3.97. The molecule has 1 N–H and O–H groups in total. The van der Waals surface area contributed by atoms with Crippen molar-refractivity contribution < 1.29 is 41.5 Å². The van der Waals surface area contributed by atoms with Crippen LogP contribution >= 0.6 is 0 Å². The van der Waals surface area contributed by atoms with E-state index >= 15 is 0 Å². The predicted molar refractivity (Wildman–Crippen MR) is 239 cm³/mol. The van der Waals surface area contributed by atoms with Crippen molar-refractivity contribution in [1.29, 1.82) is 0 Å². The van der Waals surface area contributed by atoms with Gasteiger partial charge in [0.15, 0.2) is 5.78 Å². The molecular formula is C48H67N5O9S. The molecule has 1 saturated heterocycles. The van der Waals surface area contributed by atoms with Crippen LogP contribution in [0.25, 0.3) is 22.5 Å². The van der Waals surface area contributed by atoms with E-state index in [1.54, 1.807) is 27.7 Å². The third kappa shape index (κ3) is 9.64. The molecule has 7 rings (SSSR count). The molecule has 3 fully saturated rings. The Kier molecular flexibility index (Phi) is 12.9. The van der Waals surface area contributed by atoms with E-state index in [1.165, 1.54) is 4.90 Å². The minimum atomic E-state index is -3.97. The van der Waals surface area contributed by atoms with E-state index < -0.39 is 55.7 Å². The number of nitrogens with zero attached hydrogens (tertiary/aromatic N) is 4. The third-order valence-electron chi connectivity index (χ3n) is 13.3. The molecule has 5 atom stereocenters. The van der Waals surface area contributed by atoms with Gasteiger partial charge in [-0.2, -0.15) is 4.98 Å². The van der Waals surface area contributed by atoms with Gasteiger partial charge in [-0.15, -0.1) is 0 Å². The van der Waals surface area contributed by atoms with Crippen molar-refractivity contribution in [1.82, 2.24) is 24.2 Å². The number of sulfonamides is 1. The number of allylic oxidation sites excluding steroid dienone is 2. The lowest BCUT2D eigenvalue weighted by Crippen LogP contribution is -2.47. The summed E-state index contributed by atoms with van der Waals surface area (Å²) in [5.41, 5.74) is 1.04. The summed E-state index contributed by atoms with van der Waals surface area (Å²) in [6, 6.07) is 5.06. The molecule has 344 valence electrons. The summed E-state index contributed by atoms with van der Waals surface area (Å²) in [5, 5.41) is 0. The topological polar surface area (TPSA) is 180 Å². The molecule has 15 heteroatoms. The zero-order chi connectivity index (χ0) is 45.8. The molecule has 2 saturated carbocycles. The van der Waals surface area contributed by atoms with E-state index in [0.29, 0.717) is 55.1 Å². The zero-order valence-electron chi connectivity index (χ0n) is 38.8. The Hall–Kier alpha value is -4.53. The van der Waals surface area contributed by atoms with Crippen LogP contribution in [0.2, 0.25) is 0 Å².